The van der Waals surface area contributed by atoms with Crippen LogP contribution in [0.2, 0.25) is 0 Å². The molecule has 1 saturated heterocycles. The van der Waals surface area contributed by atoms with Gasteiger partial charge in [-0.25, -0.2) is 0 Å². The molecule has 0 aromatic heterocycles. The smallest absolute Gasteiger partial charge is 0.308 e. The van der Waals surface area contributed by atoms with E-state index in [1.165, 1.54) is 7.11 Å². The van der Waals surface area contributed by atoms with Gasteiger partial charge in [-0.2, -0.15) is 0 Å². The Labute approximate surface area is 111 Å². The number of rotatable bonds is 4. The monoisotopic (exact) mass is 263 g/mol. The molecule has 1 aromatic carbocycles. The normalized spacial score (nSPS) is 22.5. The summed E-state index contributed by atoms with van der Waals surface area (Å²) in [7, 11) is 1.46. The van der Waals surface area contributed by atoms with Crippen LogP contribution in [0.25, 0.3) is 0 Å². The predicted octanol–water partition coefficient (Wildman–Crippen LogP) is 0.960. The number of aliphatic carboxylic acids is 1. The number of amides is 1. The van der Waals surface area contributed by atoms with Gasteiger partial charge in [0, 0.05) is 26.1 Å². The highest BCUT2D eigenvalue weighted by Crippen LogP contribution is 2.32. The Balaban J connectivity index is 2.18. The Morgan fingerprint density at radius 2 is 2.00 bits per heavy atom. The molecule has 0 radical (unpaired) electrons. The number of carboxylic acids is 1. The SMILES string of the molecule is COCC(=O)N1C[C@H](C(=O)O)[C@@H](c2ccccc2)C1. The van der Waals surface area contributed by atoms with Crippen molar-refractivity contribution in [2.45, 2.75) is 5.92 Å². The number of hydrogen-bond acceptors (Lipinski definition) is 3. The van der Waals surface area contributed by atoms with E-state index in [1.54, 1.807) is 4.90 Å². The summed E-state index contributed by atoms with van der Waals surface area (Å²) < 4.78 is 4.81. The lowest BCUT2D eigenvalue weighted by molar-refractivity contribution is -0.142. The summed E-state index contributed by atoms with van der Waals surface area (Å²) >= 11 is 0. The molecule has 1 amide bonds. The minimum absolute atomic E-state index is 0.00610. The molecule has 0 aliphatic carbocycles. The maximum Gasteiger partial charge on any atom is 0.308 e. The van der Waals surface area contributed by atoms with Crippen molar-refractivity contribution in [2.24, 2.45) is 5.92 Å². The summed E-state index contributed by atoms with van der Waals surface area (Å²) in [5.41, 5.74) is 0.961. The third-order valence-corrected chi connectivity index (χ3v) is 3.49. The van der Waals surface area contributed by atoms with E-state index >= 15 is 0 Å². The minimum Gasteiger partial charge on any atom is -0.481 e. The second-order valence-corrected chi connectivity index (χ2v) is 4.69. The molecule has 0 bridgehead atoms. The summed E-state index contributed by atoms with van der Waals surface area (Å²) in [6.07, 6.45) is 0. The number of likely N-dealkylation sites (tertiary alicyclic amines) is 1. The third-order valence-electron chi connectivity index (χ3n) is 3.49. The zero-order chi connectivity index (χ0) is 13.8. The first kappa shape index (κ1) is 13.5. The van der Waals surface area contributed by atoms with Crippen molar-refractivity contribution in [2.75, 3.05) is 26.8 Å². The van der Waals surface area contributed by atoms with Crippen molar-refractivity contribution >= 4 is 11.9 Å². The van der Waals surface area contributed by atoms with E-state index in [0.29, 0.717) is 6.54 Å². The van der Waals surface area contributed by atoms with Gasteiger partial charge in [0.1, 0.15) is 6.61 Å². The first-order valence-corrected chi connectivity index (χ1v) is 6.18. The van der Waals surface area contributed by atoms with Crippen LogP contribution in [0.5, 0.6) is 0 Å². The summed E-state index contributed by atoms with van der Waals surface area (Å²) in [5, 5.41) is 9.31. The molecule has 2 atom stereocenters. The molecule has 1 heterocycles. The average molecular weight is 263 g/mol. The van der Waals surface area contributed by atoms with Crippen LogP contribution in [-0.4, -0.2) is 48.7 Å². The maximum absolute atomic E-state index is 11.8. The molecule has 0 saturated carbocycles. The number of carbonyl (C=O) groups excluding carboxylic acids is 1. The Morgan fingerprint density at radius 3 is 2.58 bits per heavy atom. The largest absolute Gasteiger partial charge is 0.481 e. The number of hydrogen-bond donors (Lipinski definition) is 1. The number of methoxy groups -OCH3 is 1. The van der Waals surface area contributed by atoms with Gasteiger partial charge in [0.25, 0.3) is 0 Å². The second kappa shape index (κ2) is 5.84. The fourth-order valence-corrected chi connectivity index (χ4v) is 2.51. The lowest BCUT2D eigenvalue weighted by Crippen LogP contribution is -2.32. The van der Waals surface area contributed by atoms with Crippen molar-refractivity contribution in [3.63, 3.8) is 0 Å². The molecule has 1 N–H and O–H groups in total. The molecule has 5 heteroatoms. The lowest BCUT2D eigenvalue weighted by Gasteiger charge is -2.15. The number of ether oxygens (including phenoxy) is 1. The van der Waals surface area contributed by atoms with Gasteiger partial charge in [-0.05, 0) is 5.56 Å². The molecule has 1 aliphatic rings. The van der Waals surface area contributed by atoms with E-state index in [9.17, 15) is 14.7 Å². The number of benzene rings is 1. The molecular formula is C14H17NO4. The van der Waals surface area contributed by atoms with E-state index in [1.807, 2.05) is 30.3 Å². The van der Waals surface area contributed by atoms with Gasteiger partial charge in [0.2, 0.25) is 5.91 Å². The highest BCUT2D eigenvalue weighted by Gasteiger charge is 2.40. The molecule has 1 fully saturated rings. The summed E-state index contributed by atoms with van der Waals surface area (Å²) in [6, 6.07) is 9.47. The van der Waals surface area contributed by atoms with Crippen molar-refractivity contribution in [1.82, 2.24) is 4.90 Å². The molecule has 5 nitrogen and oxygen atoms in total. The van der Waals surface area contributed by atoms with E-state index in [-0.39, 0.29) is 25.0 Å². The molecule has 2 rings (SSSR count). The third kappa shape index (κ3) is 2.93. The van der Waals surface area contributed by atoms with Gasteiger partial charge in [-0.3, -0.25) is 9.59 Å². The average Bonchev–Trinajstić information content (AvgIpc) is 2.85. The summed E-state index contributed by atoms with van der Waals surface area (Å²) in [6.45, 7) is 0.675. The van der Waals surface area contributed by atoms with Gasteiger partial charge < -0.3 is 14.7 Å². The number of nitrogens with zero attached hydrogens (tertiary/aromatic N) is 1. The lowest BCUT2D eigenvalue weighted by atomic mass is 9.89. The minimum atomic E-state index is -0.860. The first-order valence-electron chi connectivity index (χ1n) is 6.18. The number of carbonyl (C=O) groups is 2. The van der Waals surface area contributed by atoms with Crippen LogP contribution < -0.4 is 0 Å². The van der Waals surface area contributed by atoms with Gasteiger partial charge >= 0.3 is 5.97 Å². The molecule has 0 spiro atoms. The maximum atomic E-state index is 11.8. The van der Waals surface area contributed by atoms with Crippen LogP contribution >= 0.6 is 0 Å². The van der Waals surface area contributed by atoms with Crippen LogP contribution in [0, 0.1) is 5.92 Å². The number of carboxylic acid groups (broad SMARTS) is 1. The van der Waals surface area contributed by atoms with Gasteiger partial charge in [-0.1, -0.05) is 30.3 Å². The molecule has 19 heavy (non-hydrogen) atoms. The van der Waals surface area contributed by atoms with Crippen LogP contribution in [0.4, 0.5) is 0 Å². The Hall–Kier alpha value is -1.88. The van der Waals surface area contributed by atoms with E-state index in [0.717, 1.165) is 5.56 Å². The van der Waals surface area contributed by atoms with E-state index in [4.69, 9.17) is 4.74 Å². The van der Waals surface area contributed by atoms with Gasteiger partial charge in [0.05, 0.1) is 5.92 Å². The zero-order valence-corrected chi connectivity index (χ0v) is 10.8. The van der Waals surface area contributed by atoms with Crippen molar-refractivity contribution in [3.05, 3.63) is 35.9 Å². The summed E-state index contributed by atoms with van der Waals surface area (Å²) in [5.74, 6) is -1.73. The topological polar surface area (TPSA) is 66.8 Å². The molecular weight excluding hydrogens is 246 g/mol. The molecule has 102 valence electrons. The van der Waals surface area contributed by atoms with Crippen molar-refractivity contribution < 1.29 is 19.4 Å². The van der Waals surface area contributed by atoms with Crippen LogP contribution in [-0.2, 0) is 14.3 Å². The van der Waals surface area contributed by atoms with E-state index < -0.39 is 11.9 Å². The predicted molar refractivity (Wildman–Crippen MR) is 68.8 cm³/mol. The van der Waals surface area contributed by atoms with Crippen LogP contribution in [0.3, 0.4) is 0 Å². The molecule has 1 aromatic rings. The quantitative estimate of drug-likeness (QED) is 0.878. The Morgan fingerprint density at radius 1 is 1.32 bits per heavy atom. The standard InChI is InChI=1S/C14H17NO4/c1-19-9-13(16)15-7-11(12(8-15)14(17)18)10-5-3-2-4-6-10/h2-6,11-12H,7-9H2,1H3,(H,17,18)/t11-,12+/m1/s1. The van der Waals surface area contributed by atoms with Gasteiger partial charge in [-0.15, -0.1) is 0 Å². The van der Waals surface area contributed by atoms with Crippen molar-refractivity contribution in [1.29, 1.82) is 0 Å². The molecule has 0 unspecified atom stereocenters. The summed E-state index contributed by atoms with van der Waals surface area (Å²) in [4.78, 5) is 24.7. The highest BCUT2D eigenvalue weighted by atomic mass is 16.5. The van der Waals surface area contributed by atoms with E-state index in [2.05, 4.69) is 0 Å². The second-order valence-electron chi connectivity index (χ2n) is 4.69. The molecule has 1 aliphatic heterocycles. The Bertz CT molecular complexity index is 460. The Kier molecular flexibility index (Phi) is 4.16. The van der Waals surface area contributed by atoms with Crippen LogP contribution in [0.15, 0.2) is 30.3 Å². The van der Waals surface area contributed by atoms with Gasteiger partial charge in [0.15, 0.2) is 0 Å². The highest BCUT2D eigenvalue weighted by molar-refractivity contribution is 5.80. The van der Waals surface area contributed by atoms with Crippen molar-refractivity contribution in [3.8, 4) is 0 Å². The fraction of sp³-hybridized carbons (Fsp3) is 0.429. The zero-order valence-electron chi connectivity index (χ0n) is 10.8. The van der Waals surface area contributed by atoms with Crippen LogP contribution in [0.1, 0.15) is 11.5 Å². The first-order chi connectivity index (χ1) is 9.13. The fourth-order valence-electron chi connectivity index (χ4n) is 2.51.